The number of piperidine rings is 1. The summed E-state index contributed by atoms with van der Waals surface area (Å²) < 4.78 is 6.12. The predicted molar refractivity (Wildman–Crippen MR) is 140 cm³/mol. The van der Waals surface area contributed by atoms with Gasteiger partial charge in [-0.1, -0.05) is 30.3 Å². The minimum Gasteiger partial charge on any atom is -0.490 e. The highest BCUT2D eigenvalue weighted by Crippen LogP contribution is 2.25. The minimum atomic E-state index is -1.01. The van der Waals surface area contributed by atoms with Crippen molar-refractivity contribution in [2.75, 3.05) is 13.1 Å². The molecule has 1 aliphatic heterocycles. The number of nitrogens with two attached hydrogens (primary N) is 2. The molecule has 36 heavy (non-hydrogen) atoms. The van der Waals surface area contributed by atoms with E-state index in [1.807, 2.05) is 67.6 Å². The quantitative estimate of drug-likeness (QED) is 0.240. The van der Waals surface area contributed by atoms with Crippen LogP contribution in [0, 0.1) is 5.41 Å². The number of amides is 2. The Kier molecular flexibility index (Phi) is 7.48. The van der Waals surface area contributed by atoms with Crippen molar-refractivity contribution in [2.45, 2.75) is 32.4 Å². The van der Waals surface area contributed by atoms with Crippen LogP contribution in [0.2, 0.25) is 0 Å². The lowest BCUT2D eigenvalue weighted by Gasteiger charge is -2.32. The molecule has 0 aliphatic carbocycles. The normalized spacial score (nSPS) is 14.5. The summed E-state index contributed by atoms with van der Waals surface area (Å²) in [5, 5.41) is 12.1. The van der Waals surface area contributed by atoms with Crippen molar-refractivity contribution >= 4 is 39.9 Å². The zero-order valence-corrected chi connectivity index (χ0v) is 20.2. The highest BCUT2D eigenvalue weighted by atomic mass is 16.5. The molecular weight excluding hydrogens is 456 g/mol. The van der Waals surface area contributed by atoms with E-state index in [0.717, 1.165) is 59.3 Å². The first-order valence-electron chi connectivity index (χ1n) is 11.8. The van der Waals surface area contributed by atoms with Gasteiger partial charge in [-0.15, -0.1) is 0 Å². The highest BCUT2D eigenvalue weighted by molar-refractivity contribution is 6.34. The van der Waals surface area contributed by atoms with Crippen LogP contribution in [0.3, 0.4) is 0 Å². The maximum Gasteiger partial charge on any atom is 0.309 e. The van der Waals surface area contributed by atoms with Gasteiger partial charge in [0.05, 0.1) is 11.5 Å². The van der Waals surface area contributed by atoms with Crippen molar-refractivity contribution in [3.8, 4) is 5.75 Å². The lowest BCUT2D eigenvalue weighted by atomic mass is 10.0. The van der Waals surface area contributed by atoms with Gasteiger partial charge < -0.3 is 26.4 Å². The Labute approximate surface area is 209 Å². The van der Waals surface area contributed by atoms with E-state index in [0.29, 0.717) is 11.7 Å². The van der Waals surface area contributed by atoms with Crippen LogP contribution in [0.25, 0.3) is 10.8 Å². The summed E-state index contributed by atoms with van der Waals surface area (Å²) >= 11 is 0. The fourth-order valence-corrected chi connectivity index (χ4v) is 4.24. The highest BCUT2D eigenvalue weighted by Gasteiger charge is 2.20. The fourth-order valence-electron chi connectivity index (χ4n) is 4.24. The monoisotopic (exact) mass is 486 g/mol. The number of primary amides is 1. The van der Waals surface area contributed by atoms with E-state index in [-0.39, 0.29) is 12.6 Å². The molecule has 1 heterocycles. The zero-order chi connectivity index (χ0) is 25.7. The molecule has 1 saturated heterocycles. The number of benzene rings is 3. The van der Waals surface area contributed by atoms with Crippen molar-refractivity contribution in [3.05, 3.63) is 71.8 Å². The van der Waals surface area contributed by atoms with Crippen LogP contribution in [0.15, 0.2) is 65.7 Å². The summed E-state index contributed by atoms with van der Waals surface area (Å²) in [6, 6.07) is 19.0. The van der Waals surface area contributed by atoms with Crippen LogP contribution < -0.4 is 21.5 Å². The number of likely N-dealkylation sites (tertiary alicyclic amines) is 1. The predicted octanol–water partition coefficient (Wildman–Crippen LogP) is 2.82. The lowest BCUT2D eigenvalue weighted by molar-refractivity contribution is -0.137. The molecule has 0 unspecified atom stereocenters. The Morgan fingerprint density at radius 2 is 1.81 bits per heavy atom. The van der Waals surface area contributed by atoms with Gasteiger partial charge in [0.15, 0.2) is 0 Å². The van der Waals surface area contributed by atoms with Gasteiger partial charge in [0.25, 0.3) is 0 Å². The molecule has 4 rings (SSSR count). The summed E-state index contributed by atoms with van der Waals surface area (Å²) in [6.07, 6.45) is 1.93. The lowest BCUT2D eigenvalue weighted by Crippen LogP contribution is -2.40. The van der Waals surface area contributed by atoms with Gasteiger partial charge >= 0.3 is 11.8 Å². The first-order chi connectivity index (χ1) is 17.3. The van der Waals surface area contributed by atoms with E-state index in [2.05, 4.69) is 15.2 Å². The Morgan fingerprint density at radius 1 is 1.08 bits per heavy atom. The number of ether oxygens (including phenoxy) is 1. The number of amidine groups is 2. The van der Waals surface area contributed by atoms with Gasteiger partial charge in [-0.3, -0.25) is 15.0 Å². The Hall–Kier alpha value is -4.40. The first kappa shape index (κ1) is 24.7. The second kappa shape index (κ2) is 10.9. The number of nitrogens with one attached hydrogen (secondary N) is 2. The molecular formula is C27H30N6O3. The number of aliphatic imine (C=N–C) groups is 1. The van der Waals surface area contributed by atoms with Crippen LogP contribution in [0.1, 0.15) is 30.9 Å². The van der Waals surface area contributed by atoms with Gasteiger partial charge in [0.2, 0.25) is 0 Å². The zero-order valence-electron chi connectivity index (χ0n) is 20.2. The average Bonchev–Trinajstić information content (AvgIpc) is 2.88. The van der Waals surface area contributed by atoms with Gasteiger partial charge in [0.1, 0.15) is 17.7 Å². The van der Waals surface area contributed by atoms with Crippen LogP contribution in [-0.4, -0.2) is 47.6 Å². The number of hydrogen-bond acceptors (Lipinski definition) is 5. The van der Waals surface area contributed by atoms with Crippen molar-refractivity contribution in [3.63, 3.8) is 0 Å². The second-order valence-corrected chi connectivity index (χ2v) is 8.79. The molecule has 3 aromatic rings. The third kappa shape index (κ3) is 5.99. The van der Waals surface area contributed by atoms with Gasteiger partial charge in [0, 0.05) is 38.0 Å². The molecule has 2 amide bonds. The van der Waals surface area contributed by atoms with Crippen molar-refractivity contribution < 1.29 is 14.3 Å². The molecule has 0 atom stereocenters. The maximum absolute atomic E-state index is 11.4. The Morgan fingerprint density at radius 3 is 2.47 bits per heavy atom. The van der Waals surface area contributed by atoms with E-state index in [4.69, 9.17) is 21.6 Å². The summed E-state index contributed by atoms with van der Waals surface area (Å²) in [5.41, 5.74) is 13.7. The van der Waals surface area contributed by atoms with E-state index >= 15 is 0 Å². The minimum absolute atomic E-state index is 0.143. The van der Waals surface area contributed by atoms with Crippen LogP contribution >= 0.6 is 0 Å². The smallest absolute Gasteiger partial charge is 0.309 e. The molecule has 9 heteroatoms. The third-order valence-electron chi connectivity index (χ3n) is 6.20. The number of nitrogens with zero attached hydrogens (tertiary/aromatic N) is 2. The summed E-state index contributed by atoms with van der Waals surface area (Å²) in [7, 11) is 0. The molecule has 3 aromatic carbocycles. The second-order valence-electron chi connectivity index (χ2n) is 8.79. The van der Waals surface area contributed by atoms with Gasteiger partial charge in [-0.05, 0) is 53.6 Å². The van der Waals surface area contributed by atoms with E-state index < -0.39 is 11.8 Å². The molecule has 1 aliphatic rings. The largest absolute Gasteiger partial charge is 0.490 e. The fraction of sp³-hybridized carbons (Fsp3) is 0.259. The molecule has 186 valence electrons. The first-order valence-corrected chi connectivity index (χ1v) is 11.8. The Balaban J connectivity index is 1.43. The van der Waals surface area contributed by atoms with Crippen molar-refractivity contribution in [1.29, 1.82) is 5.41 Å². The molecule has 0 aromatic heterocycles. The SMILES string of the molecule is CC(=N)N1CCC(Oc2ccc(N=C(N)c3cccc4cc(CNC(=O)C(N)=O)ccc34)cc2)CC1. The maximum atomic E-state index is 11.4. The summed E-state index contributed by atoms with van der Waals surface area (Å²) in [6.45, 7) is 3.69. The summed E-state index contributed by atoms with van der Waals surface area (Å²) in [4.78, 5) is 29.0. The van der Waals surface area contributed by atoms with E-state index in [1.54, 1.807) is 0 Å². The van der Waals surface area contributed by atoms with Gasteiger partial charge in [-0.25, -0.2) is 4.99 Å². The topological polar surface area (TPSA) is 147 Å². The van der Waals surface area contributed by atoms with Crippen LogP contribution in [0.5, 0.6) is 5.75 Å². The molecule has 0 radical (unpaired) electrons. The standard InChI is InChI=1S/C27H30N6O3/c1-17(28)33-13-11-22(12-14-33)36-21-8-6-20(7-9-21)32-25(29)24-4-2-3-19-15-18(5-10-23(19)24)16-31-27(35)26(30)34/h2-10,15,22,28H,11-14,16H2,1H3,(H2,29,32)(H2,30,34)(H,31,35). The summed E-state index contributed by atoms with van der Waals surface area (Å²) in [5.74, 6) is -0.0493. The van der Waals surface area contributed by atoms with E-state index in [9.17, 15) is 9.59 Å². The number of fused-ring (bicyclic) bond motifs is 1. The number of hydrogen-bond donors (Lipinski definition) is 4. The third-order valence-corrected chi connectivity index (χ3v) is 6.20. The average molecular weight is 487 g/mol. The van der Waals surface area contributed by atoms with Crippen molar-refractivity contribution in [1.82, 2.24) is 10.2 Å². The van der Waals surface area contributed by atoms with E-state index in [1.165, 1.54) is 0 Å². The molecule has 0 saturated carbocycles. The Bertz CT molecular complexity index is 1310. The number of carbonyl (C=O) groups is 2. The van der Waals surface area contributed by atoms with Crippen LogP contribution in [-0.2, 0) is 16.1 Å². The number of rotatable bonds is 6. The number of carbonyl (C=O) groups excluding carboxylic acids is 2. The molecule has 6 N–H and O–H groups in total. The molecule has 0 bridgehead atoms. The van der Waals surface area contributed by atoms with Crippen LogP contribution in [0.4, 0.5) is 5.69 Å². The molecule has 9 nitrogen and oxygen atoms in total. The van der Waals surface area contributed by atoms with Gasteiger partial charge in [-0.2, -0.15) is 0 Å². The van der Waals surface area contributed by atoms with Crippen molar-refractivity contribution in [2.24, 2.45) is 16.5 Å². The molecule has 0 spiro atoms. The molecule has 1 fully saturated rings.